The van der Waals surface area contributed by atoms with Crippen molar-refractivity contribution in [2.75, 3.05) is 32.0 Å². The van der Waals surface area contributed by atoms with Crippen LogP contribution in [0.4, 0.5) is 11.4 Å². The molecule has 1 aliphatic rings. The Balaban J connectivity index is 1.22. The van der Waals surface area contributed by atoms with E-state index < -0.39 is 17.1 Å². The van der Waals surface area contributed by atoms with Crippen molar-refractivity contribution in [1.29, 1.82) is 0 Å². The molecule has 0 saturated heterocycles. The molecular formula is C43H37N3O8S. The highest BCUT2D eigenvalue weighted by Gasteiger charge is 2.32. The van der Waals surface area contributed by atoms with Crippen molar-refractivity contribution in [2.24, 2.45) is 0 Å². The van der Waals surface area contributed by atoms with Crippen LogP contribution in [0, 0.1) is 0 Å². The number of fused-ring (bicyclic) bond motifs is 2. The summed E-state index contributed by atoms with van der Waals surface area (Å²) in [4.78, 5) is 68.2. The molecule has 0 saturated carbocycles. The van der Waals surface area contributed by atoms with Crippen LogP contribution in [0.5, 0.6) is 17.2 Å². The molecule has 1 atom stereocenters. The molecule has 1 aliphatic carbocycles. The third-order valence-corrected chi connectivity index (χ3v) is 10.1. The van der Waals surface area contributed by atoms with Gasteiger partial charge in [-0.05, 0) is 66.6 Å². The molecule has 0 radical (unpaired) electrons. The molecule has 0 bridgehead atoms. The second-order valence-electron chi connectivity index (χ2n) is 12.3. The molecule has 55 heavy (non-hydrogen) atoms. The smallest absolute Gasteiger partial charge is 0.272 e. The van der Waals surface area contributed by atoms with E-state index in [1.54, 1.807) is 103 Å². The lowest BCUT2D eigenvalue weighted by Gasteiger charge is -2.21. The van der Waals surface area contributed by atoms with Crippen LogP contribution in [0.1, 0.15) is 61.1 Å². The highest BCUT2D eigenvalue weighted by Crippen LogP contribution is 2.39. The summed E-state index contributed by atoms with van der Waals surface area (Å²) < 4.78 is 16.4. The van der Waals surface area contributed by atoms with Gasteiger partial charge in [-0.25, -0.2) is 0 Å². The van der Waals surface area contributed by atoms with Gasteiger partial charge in [0.1, 0.15) is 5.70 Å². The van der Waals surface area contributed by atoms with Crippen molar-refractivity contribution in [3.8, 4) is 17.2 Å². The van der Waals surface area contributed by atoms with Crippen LogP contribution in [0.2, 0.25) is 0 Å². The Morgan fingerprint density at radius 3 is 2.00 bits per heavy atom. The van der Waals surface area contributed by atoms with Gasteiger partial charge in [0.15, 0.2) is 23.1 Å². The van der Waals surface area contributed by atoms with E-state index in [0.717, 1.165) is 0 Å². The second-order valence-corrected chi connectivity index (χ2v) is 13.5. The number of carbonyl (C=O) groups is 5. The Morgan fingerprint density at radius 1 is 0.709 bits per heavy atom. The Morgan fingerprint density at radius 2 is 1.35 bits per heavy atom. The molecule has 0 heterocycles. The van der Waals surface area contributed by atoms with Crippen molar-refractivity contribution in [2.45, 2.75) is 23.5 Å². The summed E-state index contributed by atoms with van der Waals surface area (Å²) in [5.74, 6) is -0.976. The number of hydrogen-bond acceptors (Lipinski definition) is 9. The van der Waals surface area contributed by atoms with Crippen molar-refractivity contribution >= 4 is 58.5 Å². The molecule has 0 spiro atoms. The van der Waals surface area contributed by atoms with Gasteiger partial charge in [0.2, 0.25) is 11.7 Å². The maximum atomic E-state index is 13.9. The predicted octanol–water partition coefficient (Wildman–Crippen LogP) is 7.41. The highest BCUT2D eigenvalue weighted by atomic mass is 32.2. The fraction of sp³-hybridized carbons (Fsp3) is 0.140. The summed E-state index contributed by atoms with van der Waals surface area (Å²) in [7, 11) is 4.44. The number of ether oxygens (including phenoxy) is 3. The lowest BCUT2D eigenvalue weighted by atomic mass is 9.83. The number of ketones is 2. The summed E-state index contributed by atoms with van der Waals surface area (Å²) in [6, 6.07) is 30.2. The van der Waals surface area contributed by atoms with Gasteiger partial charge in [-0.3, -0.25) is 24.0 Å². The maximum Gasteiger partial charge on any atom is 0.272 e. The lowest BCUT2D eigenvalue weighted by molar-refractivity contribution is -0.116. The predicted molar refractivity (Wildman–Crippen MR) is 211 cm³/mol. The van der Waals surface area contributed by atoms with E-state index in [2.05, 4.69) is 16.0 Å². The molecule has 0 aliphatic heterocycles. The zero-order chi connectivity index (χ0) is 39.1. The van der Waals surface area contributed by atoms with Crippen molar-refractivity contribution < 1.29 is 38.2 Å². The Labute approximate surface area is 322 Å². The standard InChI is InChI=1S/C43H37N3O8S/c1-5-36(43(51)45-32-20-12-19-31-37(32)39(48)30-18-10-9-17-29(30)38(31)47)55-28-16-11-15-27(24-28)44-42(50)33(46-41(49)26-13-7-6-8-14-26)21-25-22-34(52-2)40(54-4)35(23-25)53-3/h6-24,36H,5H2,1-4H3,(H,44,50)(H,45,51)(H,46,49)/b33-21+. The number of benzene rings is 5. The number of methoxy groups -OCH3 is 3. The van der Waals surface area contributed by atoms with Crippen LogP contribution in [0.3, 0.4) is 0 Å². The van der Waals surface area contributed by atoms with E-state index in [-0.39, 0.29) is 40.0 Å². The first kappa shape index (κ1) is 38.1. The van der Waals surface area contributed by atoms with Gasteiger partial charge in [0, 0.05) is 32.8 Å². The lowest BCUT2D eigenvalue weighted by Crippen LogP contribution is -2.30. The van der Waals surface area contributed by atoms with Crippen molar-refractivity contribution in [3.63, 3.8) is 0 Å². The number of thioether (sulfide) groups is 1. The normalized spacial score (nSPS) is 12.5. The molecule has 278 valence electrons. The van der Waals surface area contributed by atoms with Gasteiger partial charge in [-0.15, -0.1) is 11.8 Å². The minimum Gasteiger partial charge on any atom is -0.493 e. The summed E-state index contributed by atoms with van der Waals surface area (Å²) in [5, 5.41) is 7.88. The summed E-state index contributed by atoms with van der Waals surface area (Å²) >= 11 is 1.28. The SMILES string of the molecule is CCC(Sc1cccc(NC(=O)/C(=C\c2cc(OC)c(OC)c(OC)c2)NC(=O)c2ccccc2)c1)C(=O)Nc1cccc2c1C(=O)c1ccccc1C2=O. The summed E-state index contributed by atoms with van der Waals surface area (Å²) in [6.45, 7) is 1.86. The van der Waals surface area contributed by atoms with E-state index in [4.69, 9.17) is 14.2 Å². The van der Waals surface area contributed by atoms with Crippen LogP contribution in [-0.2, 0) is 9.59 Å². The van der Waals surface area contributed by atoms with E-state index in [9.17, 15) is 24.0 Å². The fourth-order valence-corrected chi connectivity index (χ4v) is 7.10. The first-order valence-electron chi connectivity index (χ1n) is 17.2. The van der Waals surface area contributed by atoms with E-state index in [1.165, 1.54) is 39.2 Å². The number of nitrogens with one attached hydrogen (secondary N) is 3. The quantitative estimate of drug-likeness (QED) is 0.0810. The minimum absolute atomic E-state index is 0.0613. The van der Waals surface area contributed by atoms with E-state index in [0.29, 0.717) is 56.5 Å². The molecule has 1 unspecified atom stereocenters. The van der Waals surface area contributed by atoms with Crippen LogP contribution >= 0.6 is 11.8 Å². The largest absolute Gasteiger partial charge is 0.493 e. The second kappa shape index (κ2) is 17.0. The van der Waals surface area contributed by atoms with Crippen molar-refractivity contribution in [3.05, 3.63) is 148 Å². The van der Waals surface area contributed by atoms with E-state index >= 15 is 0 Å². The van der Waals surface area contributed by atoms with Gasteiger partial charge in [0.25, 0.3) is 11.8 Å². The highest BCUT2D eigenvalue weighted by molar-refractivity contribution is 8.00. The van der Waals surface area contributed by atoms with Gasteiger partial charge in [-0.1, -0.05) is 67.6 Å². The van der Waals surface area contributed by atoms with Gasteiger partial charge < -0.3 is 30.2 Å². The Hall–Kier alpha value is -6.66. The summed E-state index contributed by atoms with van der Waals surface area (Å²) in [5.41, 5.74) is 2.49. The maximum absolute atomic E-state index is 13.9. The molecule has 0 aromatic heterocycles. The Bertz CT molecular complexity index is 2320. The monoisotopic (exact) mass is 755 g/mol. The van der Waals surface area contributed by atoms with Gasteiger partial charge >= 0.3 is 0 Å². The van der Waals surface area contributed by atoms with Crippen LogP contribution < -0.4 is 30.2 Å². The average molecular weight is 756 g/mol. The van der Waals surface area contributed by atoms with Crippen LogP contribution in [0.25, 0.3) is 6.08 Å². The Kier molecular flexibility index (Phi) is 11.8. The molecule has 5 aromatic rings. The number of rotatable bonds is 13. The van der Waals surface area contributed by atoms with Crippen molar-refractivity contribution in [1.82, 2.24) is 5.32 Å². The van der Waals surface area contributed by atoms with Gasteiger partial charge in [-0.2, -0.15) is 0 Å². The van der Waals surface area contributed by atoms with Gasteiger partial charge in [0.05, 0.1) is 37.8 Å². The molecule has 0 fully saturated rings. The van der Waals surface area contributed by atoms with Crippen LogP contribution in [-0.4, -0.2) is 55.9 Å². The zero-order valence-corrected chi connectivity index (χ0v) is 31.2. The first-order chi connectivity index (χ1) is 26.6. The minimum atomic E-state index is -0.611. The molecule has 5 aromatic carbocycles. The zero-order valence-electron chi connectivity index (χ0n) is 30.4. The van der Waals surface area contributed by atoms with E-state index in [1.807, 2.05) is 13.0 Å². The van der Waals surface area contributed by atoms with Crippen LogP contribution in [0.15, 0.2) is 120 Å². The molecule has 3 amide bonds. The number of amides is 3. The first-order valence-corrected chi connectivity index (χ1v) is 18.1. The fourth-order valence-electron chi connectivity index (χ4n) is 6.09. The molecule has 11 nitrogen and oxygen atoms in total. The average Bonchev–Trinajstić information content (AvgIpc) is 3.21. The third-order valence-electron chi connectivity index (χ3n) is 8.77. The number of hydrogen-bond donors (Lipinski definition) is 3. The number of anilines is 2. The molecule has 12 heteroatoms. The molecule has 3 N–H and O–H groups in total. The number of carbonyl (C=O) groups excluding carboxylic acids is 5. The topological polar surface area (TPSA) is 149 Å². The summed E-state index contributed by atoms with van der Waals surface area (Å²) in [6.07, 6.45) is 1.93. The molecular weight excluding hydrogens is 719 g/mol. The third kappa shape index (κ3) is 8.29. The molecule has 6 rings (SSSR count).